The van der Waals surface area contributed by atoms with E-state index in [0.29, 0.717) is 29.9 Å². The summed E-state index contributed by atoms with van der Waals surface area (Å²) in [6.07, 6.45) is 0.0198. The van der Waals surface area contributed by atoms with Gasteiger partial charge < -0.3 is 19.7 Å². The van der Waals surface area contributed by atoms with E-state index >= 15 is 0 Å². The Morgan fingerprint density at radius 1 is 1.21 bits per heavy atom. The SMILES string of the molecule is CC1(COc2ccc(CC3SC(=O)NC3=O)cc2)CC(O)c2cc(O)c(C(C)(C)C)cc2O1. The van der Waals surface area contributed by atoms with Gasteiger partial charge in [-0.05, 0) is 48.6 Å². The minimum absolute atomic E-state index is 0.154. The van der Waals surface area contributed by atoms with Crippen molar-refractivity contribution in [3.63, 3.8) is 0 Å². The van der Waals surface area contributed by atoms with Gasteiger partial charge in [0.25, 0.3) is 5.24 Å². The van der Waals surface area contributed by atoms with Gasteiger partial charge in [-0.25, -0.2) is 0 Å². The highest BCUT2D eigenvalue weighted by atomic mass is 32.2. The summed E-state index contributed by atoms with van der Waals surface area (Å²) in [7, 11) is 0. The van der Waals surface area contributed by atoms with Crippen molar-refractivity contribution in [2.45, 2.75) is 62.9 Å². The molecule has 2 aromatic carbocycles. The van der Waals surface area contributed by atoms with E-state index in [4.69, 9.17) is 9.47 Å². The van der Waals surface area contributed by atoms with Gasteiger partial charge in [0.1, 0.15) is 29.5 Å². The van der Waals surface area contributed by atoms with Crippen LogP contribution in [-0.4, -0.2) is 38.8 Å². The molecule has 4 rings (SSSR count). The number of thioether (sulfide) groups is 1. The summed E-state index contributed by atoms with van der Waals surface area (Å²) in [6, 6.07) is 10.8. The van der Waals surface area contributed by atoms with Crippen molar-refractivity contribution in [2.24, 2.45) is 0 Å². The Labute approximate surface area is 197 Å². The fourth-order valence-electron chi connectivity index (χ4n) is 4.15. The molecule has 0 bridgehead atoms. The number of fused-ring (bicyclic) bond motifs is 1. The normalized spacial score (nSPS) is 24.8. The summed E-state index contributed by atoms with van der Waals surface area (Å²) < 4.78 is 12.2. The molecule has 8 heteroatoms. The minimum atomic E-state index is -0.776. The fraction of sp³-hybridized carbons (Fsp3) is 0.440. The molecule has 0 spiro atoms. The van der Waals surface area contributed by atoms with Crippen LogP contribution < -0.4 is 14.8 Å². The smallest absolute Gasteiger partial charge is 0.286 e. The van der Waals surface area contributed by atoms with Crippen LogP contribution >= 0.6 is 11.8 Å². The highest BCUT2D eigenvalue weighted by molar-refractivity contribution is 8.15. The molecule has 33 heavy (non-hydrogen) atoms. The van der Waals surface area contributed by atoms with Crippen molar-refractivity contribution in [3.8, 4) is 17.2 Å². The van der Waals surface area contributed by atoms with Crippen molar-refractivity contribution in [1.29, 1.82) is 0 Å². The Morgan fingerprint density at radius 3 is 2.52 bits per heavy atom. The molecule has 2 heterocycles. The fourth-order valence-corrected chi connectivity index (χ4v) is 5.01. The molecule has 3 atom stereocenters. The molecule has 1 fully saturated rings. The van der Waals surface area contributed by atoms with E-state index in [1.54, 1.807) is 6.07 Å². The highest BCUT2D eigenvalue weighted by Crippen LogP contribution is 2.45. The first-order valence-electron chi connectivity index (χ1n) is 10.9. The summed E-state index contributed by atoms with van der Waals surface area (Å²) in [5, 5.41) is 22.7. The number of phenolic OH excluding ortho intramolecular Hbond substituents is 1. The van der Waals surface area contributed by atoms with Crippen molar-refractivity contribution >= 4 is 22.9 Å². The maximum absolute atomic E-state index is 11.8. The average Bonchev–Trinajstić information content (AvgIpc) is 3.03. The van der Waals surface area contributed by atoms with E-state index in [1.807, 2.05) is 58.0 Å². The summed E-state index contributed by atoms with van der Waals surface area (Å²) in [5.41, 5.74) is 1.24. The molecule has 0 aliphatic carbocycles. The molecular weight excluding hydrogens is 442 g/mol. The van der Waals surface area contributed by atoms with Gasteiger partial charge in [0, 0.05) is 17.5 Å². The number of hydrogen-bond donors (Lipinski definition) is 3. The molecule has 3 unspecified atom stereocenters. The molecule has 2 aliphatic rings. The maximum atomic E-state index is 11.8. The second-order valence-corrected chi connectivity index (χ2v) is 11.1. The van der Waals surface area contributed by atoms with Crippen LogP contribution in [0.3, 0.4) is 0 Å². The van der Waals surface area contributed by atoms with Gasteiger partial charge in [-0.3, -0.25) is 14.9 Å². The number of carbonyl (C=O) groups excluding carboxylic acids is 2. The van der Waals surface area contributed by atoms with E-state index in [9.17, 15) is 19.8 Å². The first kappa shape index (κ1) is 23.4. The van der Waals surface area contributed by atoms with Crippen LogP contribution in [0.15, 0.2) is 36.4 Å². The Hall–Kier alpha value is -2.71. The van der Waals surface area contributed by atoms with Crippen LogP contribution in [-0.2, 0) is 16.6 Å². The van der Waals surface area contributed by atoms with Gasteiger partial charge in [-0.2, -0.15) is 0 Å². The molecule has 2 amide bonds. The number of imide groups is 1. The quantitative estimate of drug-likeness (QED) is 0.599. The Kier molecular flexibility index (Phi) is 6.09. The van der Waals surface area contributed by atoms with Crippen molar-refractivity contribution in [1.82, 2.24) is 5.32 Å². The number of benzene rings is 2. The lowest BCUT2D eigenvalue weighted by Crippen LogP contribution is -2.43. The number of carbonyl (C=O) groups is 2. The number of rotatable bonds is 5. The molecule has 3 N–H and O–H groups in total. The van der Waals surface area contributed by atoms with Crippen LogP contribution in [0.2, 0.25) is 0 Å². The third-order valence-electron chi connectivity index (χ3n) is 5.93. The number of amides is 2. The Bertz CT molecular complexity index is 1080. The largest absolute Gasteiger partial charge is 0.508 e. The van der Waals surface area contributed by atoms with E-state index in [2.05, 4.69) is 5.32 Å². The maximum Gasteiger partial charge on any atom is 0.286 e. The van der Waals surface area contributed by atoms with E-state index in [0.717, 1.165) is 22.9 Å². The lowest BCUT2D eigenvalue weighted by Gasteiger charge is -2.38. The third-order valence-corrected chi connectivity index (χ3v) is 6.91. The van der Waals surface area contributed by atoms with E-state index < -0.39 is 17.0 Å². The average molecular weight is 472 g/mol. The second-order valence-electron chi connectivity index (χ2n) is 9.95. The number of phenols is 1. The highest BCUT2D eigenvalue weighted by Gasteiger charge is 2.39. The first-order valence-corrected chi connectivity index (χ1v) is 11.8. The molecule has 7 nitrogen and oxygen atoms in total. The summed E-state index contributed by atoms with van der Waals surface area (Å²) in [6.45, 7) is 8.15. The van der Waals surface area contributed by atoms with Crippen LogP contribution in [0.4, 0.5) is 4.79 Å². The summed E-state index contributed by atoms with van der Waals surface area (Å²) in [4.78, 5) is 23.1. The second kappa shape index (κ2) is 8.57. The van der Waals surface area contributed by atoms with E-state index in [1.165, 1.54) is 0 Å². The number of ether oxygens (including phenoxy) is 2. The topological polar surface area (TPSA) is 105 Å². The summed E-state index contributed by atoms with van der Waals surface area (Å²) >= 11 is 1.01. The van der Waals surface area contributed by atoms with Gasteiger partial charge in [0.05, 0.1) is 11.4 Å². The van der Waals surface area contributed by atoms with Crippen molar-refractivity contribution < 1.29 is 29.3 Å². The standard InChI is InChI=1S/C25H29NO6S/c1-24(2,3)17-11-20-16(10-18(17)27)19(28)12-25(4,32-20)13-31-15-7-5-14(6-8-15)9-21-22(29)26-23(30)33-21/h5-8,10-11,19,21,27-28H,9,12-13H2,1-4H3,(H,26,29,30). The predicted octanol–water partition coefficient (Wildman–Crippen LogP) is 4.24. The first-order chi connectivity index (χ1) is 15.4. The molecule has 0 aromatic heterocycles. The van der Waals surface area contributed by atoms with Crippen LogP contribution in [0.5, 0.6) is 17.2 Å². The number of hydrogen-bond acceptors (Lipinski definition) is 7. The van der Waals surface area contributed by atoms with E-state index in [-0.39, 0.29) is 28.9 Å². The Morgan fingerprint density at radius 2 is 1.91 bits per heavy atom. The van der Waals surface area contributed by atoms with Gasteiger partial charge >= 0.3 is 0 Å². The molecule has 0 saturated carbocycles. The number of aliphatic hydroxyl groups is 1. The van der Waals surface area contributed by atoms with Gasteiger partial charge in [-0.15, -0.1) is 0 Å². The van der Waals surface area contributed by atoms with Crippen LogP contribution in [0.25, 0.3) is 0 Å². The lowest BCUT2D eigenvalue weighted by atomic mass is 9.83. The number of aliphatic hydroxyl groups excluding tert-OH is 1. The monoisotopic (exact) mass is 471 g/mol. The number of nitrogens with one attached hydrogen (secondary N) is 1. The predicted molar refractivity (Wildman–Crippen MR) is 126 cm³/mol. The van der Waals surface area contributed by atoms with Gasteiger partial charge in [0.2, 0.25) is 5.91 Å². The molecule has 176 valence electrons. The molecule has 2 aliphatic heterocycles. The van der Waals surface area contributed by atoms with Crippen LogP contribution in [0, 0.1) is 0 Å². The zero-order valence-electron chi connectivity index (χ0n) is 19.2. The summed E-state index contributed by atoms with van der Waals surface area (Å²) in [5.74, 6) is 1.10. The lowest BCUT2D eigenvalue weighted by molar-refractivity contribution is -0.118. The molecular formula is C25H29NO6S. The van der Waals surface area contributed by atoms with Crippen LogP contribution in [0.1, 0.15) is 56.9 Å². The zero-order valence-corrected chi connectivity index (χ0v) is 20.0. The molecule has 1 saturated heterocycles. The number of aromatic hydroxyl groups is 1. The molecule has 0 radical (unpaired) electrons. The minimum Gasteiger partial charge on any atom is -0.508 e. The van der Waals surface area contributed by atoms with Gasteiger partial charge in [-0.1, -0.05) is 44.7 Å². The Balaban J connectivity index is 1.42. The van der Waals surface area contributed by atoms with Crippen molar-refractivity contribution in [2.75, 3.05) is 6.61 Å². The van der Waals surface area contributed by atoms with Gasteiger partial charge in [0.15, 0.2) is 0 Å². The zero-order chi connectivity index (χ0) is 24.0. The van der Waals surface area contributed by atoms with Crippen molar-refractivity contribution in [3.05, 3.63) is 53.1 Å². The molecule has 2 aromatic rings. The third kappa shape index (κ3) is 5.12.